The van der Waals surface area contributed by atoms with Crippen molar-refractivity contribution in [1.29, 1.82) is 0 Å². The lowest BCUT2D eigenvalue weighted by atomic mass is 9.98. The van der Waals surface area contributed by atoms with Crippen LogP contribution in [0.3, 0.4) is 0 Å². The quantitative estimate of drug-likeness (QED) is 0.861. The van der Waals surface area contributed by atoms with Gasteiger partial charge in [0.25, 0.3) is 0 Å². The van der Waals surface area contributed by atoms with Crippen molar-refractivity contribution in [3.63, 3.8) is 0 Å². The molecule has 1 heterocycles. The van der Waals surface area contributed by atoms with E-state index in [2.05, 4.69) is 15.9 Å². The third-order valence-corrected chi connectivity index (χ3v) is 4.73. The lowest BCUT2D eigenvalue weighted by molar-refractivity contribution is 0.220. The Bertz CT molecular complexity index is 657. The molecule has 0 bridgehead atoms. The predicted molar refractivity (Wildman–Crippen MR) is 83.4 cm³/mol. The fraction of sp³-hybridized carbons (Fsp3) is 0.250. The van der Waals surface area contributed by atoms with Gasteiger partial charge in [0, 0.05) is 10.9 Å². The third-order valence-electron chi connectivity index (χ3n) is 3.50. The van der Waals surface area contributed by atoms with Crippen LogP contribution >= 0.6 is 27.5 Å². The monoisotopic (exact) mass is 352 g/mol. The van der Waals surface area contributed by atoms with E-state index in [0.717, 1.165) is 33.3 Å². The van der Waals surface area contributed by atoms with Gasteiger partial charge in [-0.2, -0.15) is 0 Å². The Balaban J connectivity index is 1.93. The molecule has 0 aromatic heterocycles. The molecule has 0 amide bonds. The summed E-state index contributed by atoms with van der Waals surface area (Å²) in [4.78, 5) is 0. The van der Waals surface area contributed by atoms with Crippen LogP contribution in [-0.4, -0.2) is 11.2 Å². The molecule has 1 aliphatic rings. The van der Waals surface area contributed by atoms with E-state index in [4.69, 9.17) is 16.3 Å². The Morgan fingerprint density at radius 3 is 2.70 bits per heavy atom. The zero-order chi connectivity index (χ0) is 14.3. The highest BCUT2D eigenvalue weighted by Crippen LogP contribution is 2.34. The molecule has 3 rings (SSSR count). The summed E-state index contributed by atoms with van der Waals surface area (Å²) in [6.07, 6.45) is 0.415. The van der Waals surface area contributed by atoms with Gasteiger partial charge in [-0.05, 0) is 63.8 Å². The van der Waals surface area contributed by atoms with Crippen molar-refractivity contribution in [2.24, 2.45) is 0 Å². The molecule has 2 atom stereocenters. The van der Waals surface area contributed by atoms with Crippen molar-refractivity contribution in [2.45, 2.75) is 25.6 Å². The first kappa shape index (κ1) is 13.9. The smallest absolute Gasteiger partial charge is 0.123 e. The maximum Gasteiger partial charge on any atom is 0.123 e. The van der Waals surface area contributed by atoms with Crippen LogP contribution in [0.5, 0.6) is 5.75 Å². The van der Waals surface area contributed by atoms with E-state index in [0.29, 0.717) is 5.02 Å². The molecule has 2 aromatic rings. The number of ether oxygens (including phenoxy) is 1. The van der Waals surface area contributed by atoms with Crippen LogP contribution in [0, 0.1) is 0 Å². The molecule has 0 saturated carbocycles. The van der Waals surface area contributed by atoms with Crippen LogP contribution in [-0.2, 0) is 6.42 Å². The zero-order valence-electron chi connectivity index (χ0n) is 10.9. The fourth-order valence-electron chi connectivity index (χ4n) is 2.49. The lowest BCUT2D eigenvalue weighted by Crippen LogP contribution is -2.05. The van der Waals surface area contributed by atoms with Crippen molar-refractivity contribution in [1.82, 2.24) is 0 Å². The highest BCUT2D eigenvalue weighted by molar-refractivity contribution is 9.10. The Kier molecular flexibility index (Phi) is 3.76. The van der Waals surface area contributed by atoms with Crippen molar-refractivity contribution in [3.05, 3.63) is 62.6 Å². The van der Waals surface area contributed by atoms with Gasteiger partial charge >= 0.3 is 0 Å². The highest BCUT2D eigenvalue weighted by atomic mass is 79.9. The number of hydrogen-bond donors (Lipinski definition) is 1. The number of fused-ring (bicyclic) bond motifs is 1. The fourth-order valence-corrected chi connectivity index (χ4v) is 2.92. The average molecular weight is 354 g/mol. The van der Waals surface area contributed by atoms with Crippen LogP contribution in [0.2, 0.25) is 5.02 Å². The second-order valence-corrected chi connectivity index (χ2v) is 6.34. The van der Waals surface area contributed by atoms with Gasteiger partial charge in [-0.15, -0.1) is 0 Å². The van der Waals surface area contributed by atoms with Crippen molar-refractivity contribution in [2.75, 3.05) is 0 Å². The largest absolute Gasteiger partial charge is 0.490 e. The molecule has 104 valence electrons. The summed E-state index contributed by atoms with van der Waals surface area (Å²) < 4.78 is 6.50. The first-order valence-electron chi connectivity index (χ1n) is 6.47. The first-order chi connectivity index (χ1) is 9.54. The van der Waals surface area contributed by atoms with Crippen molar-refractivity contribution >= 4 is 27.5 Å². The summed E-state index contributed by atoms with van der Waals surface area (Å²) in [6.45, 7) is 2.05. The van der Waals surface area contributed by atoms with Gasteiger partial charge < -0.3 is 9.84 Å². The Hall–Kier alpha value is -1.03. The number of benzene rings is 2. The molecule has 0 saturated heterocycles. The molecule has 1 N–H and O–H groups in total. The second kappa shape index (κ2) is 5.40. The molecular weight excluding hydrogens is 340 g/mol. The highest BCUT2D eigenvalue weighted by Gasteiger charge is 2.21. The van der Waals surface area contributed by atoms with Crippen LogP contribution in [0.1, 0.15) is 29.7 Å². The van der Waals surface area contributed by atoms with Gasteiger partial charge in [0.1, 0.15) is 18.0 Å². The molecule has 0 radical (unpaired) electrons. The predicted octanol–water partition coefficient (Wildman–Crippen LogP) is 4.51. The Labute approximate surface area is 131 Å². The number of hydrogen-bond acceptors (Lipinski definition) is 2. The summed E-state index contributed by atoms with van der Waals surface area (Å²) in [5.41, 5.74) is 2.79. The maximum absolute atomic E-state index is 10.5. The minimum atomic E-state index is -0.679. The molecule has 2 unspecified atom stereocenters. The van der Waals surface area contributed by atoms with Crippen molar-refractivity contribution < 1.29 is 9.84 Å². The molecule has 2 nitrogen and oxygen atoms in total. The van der Waals surface area contributed by atoms with E-state index in [-0.39, 0.29) is 6.10 Å². The van der Waals surface area contributed by atoms with Crippen LogP contribution < -0.4 is 4.74 Å². The van der Waals surface area contributed by atoms with E-state index in [1.54, 1.807) is 6.07 Å². The number of rotatable bonds is 2. The van der Waals surface area contributed by atoms with Gasteiger partial charge in [0.05, 0.1) is 5.02 Å². The maximum atomic E-state index is 10.5. The van der Waals surface area contributed by atoms with E-state index >= 15 is 0 Å². The lowest BCUT2D eigenvalue weighted by Gasteiger charge is -2.13. The molecule has 0 aliphatic carbocycles. The average Bonchev–Trinajstić information content (AvgIpc) is 2.80. The summed E-state index contributed by atoms with van der Waals surface area (Å²) in [6, 6.07) is 11.3. The summed E-state index contributed by atoms with van der Waals surface area (Å²) >= 11 is 9.43. The molecule has 0 spiro atoms. The minimum absolute atomic E-state index is 0.208. The molecule has 0 fully saturated rings. The number of halogens is 2. The van der Waals surface area contributed by atoms with Gasteiger partial charge in [-0.25, -0.2) is 0 Å². The number of aliphatic hydroxyl groups excluding tert-OH is 1. The van der Waals surface area contributed by atoms with Gasteiger partial charge in [-0.3, -0.25) is 0 Å². The summed E-state index contributed by atoms with van der Waals surface area (Å²) in [5.74, 6) is 0.919. The van der Waals surface area contributed by atoms with E-state index in [1.807, 2.05) is 37.3 Å². The molecular formula is C16H14BrClO2. The van der Waals surface area contributed by atoms with Crippen LogP contribution in [0.25, 0.3) is 0 Å². The molecule has 4 heteroatoms. The third kappa shape index (κ3) is 2.58. The Morgan fingerprint density at radius 1 is 1.25 bits per heavy atom. The topological polar surface area (TPSA) is 29.5 Å². The number of aliphatic hydroxyl groups is 1. The van der Waals surface area contributed by atoms with Crippen LogP contribution in [0.4, 0.5) is 0 Å². The standard InChI is InChI=1S/C16H14BrClO2/c1-9-6-12-7-10(3-5-15(12)20-9)16(19)11-2-4-13(17)14(18)8-11/h2-5,7-9,16,19H,6H2,1H3. The van der Waals surface area contributed by atoms with Crippen LogP contribution in [0.15, 0.2) is 40.9 Å². The van der Waals surface area contributed by atoms with E-state index in [1.165, 1.54) is 0 Å². The van der Waals surface area contributed by atoms with E-state index in [9.17, 15) is 5.11 Å². The van der Waals surface area contributed by atoms with E-state index < -0.39 is 6.10 Å². The van der Waals surface area contributed by atoms with Gasteiger partial charge in [0.2, 0.25) is 0 Å². The zero-order valence-corrected chi connectivity index (χ0v) is 13.3. The summed E-state index contributed by atoms with van der Waals surface area (Å²) in [5, 5.41) is 11.1. The SMILES string of the molecule is CC1Cc2cc(C(O)c3ccc(Br)c(Cl)c3)ccc2O1. The minimum Gasteiger partial charge on any atom is -0.490 e. The van der Waals surface area contributed by atoms with Gasteiger partial charge in [0.15, 0.2) is 0 Å². The van der Waals surface area contributed by atoms with Gasteiger partial charge in [-0.1, -0.05) is 23.7 Å². The molecule has 1 aliphatic heterocycles. The first-order valence-corrected chi connectivity index (χ1v) is 7.64. The summed E-state index contributed by atoms with van der Waals surface area (Å²) in [7, 11) is 0. The normalized spacial score (nSPS) is 18.5. The second-order valence-electron chi connectivity index (χ2n) is 5.08. The molecule has 20 heavy (non-hydrogen) atoms. The molecule has 2 aromatic carbocycles. The Morgan fingerprint density at radius 2 is 1.95 bits per heavy atom. The van der Waals surface area contributed by atoms with Crippen molar-refractivity contribution in [3.8, 4) is 5.75 Å².